The highest BCUT2D eigenvalue weighted by atomic mass is 35.5. The first kappa shape index (κ1) is 30.4. The van der Waals surface area contributed by atoms with Crippen LogP contribution in [0.5, 0.6) is 0 Å². The molecule has 0 radical (unpaired) electrons. The molecule has 0 bridgehead atoms. The Morgan fingerprint density at radius 1 is 1.17 bits per heavy atom. The molecule has 2 aliphatic rings. The van der Waals surface area contributed by atoms with Crippen molar-refractivity contribution >= 4 is 64.0 Å². The molecule has 1 aromatic heterocycles. The predicted octanol–water partition coefficient (Wildman–Crippen LogP) is 2.14. The Morgan fingerprint density at radius 2 is 1.98 bits per heavy atom. The SMILES string of the molecule is NCC(=O)NCCCCC(=O)N(CC1CN(c2ccc(N3CCOCC3=O)cc2F)C(=O)O1)C(=O)c1ccc(Cl)s1. The number of nitrogens with zero attached hydrogens (tertiary/aromatic N) is 3. The van der Waals surface area contributed by atoms with Crippen LogP contribution in [0.4, 0.5) is 20.6 Å². The van der Waals surface area contributed by atoms with Crippen molar-refractivity contribution in [1.82, 2.24) is 10.2 Å². The Morgan fingerprint density at radius 3 is 2.66 bits per heavy atom. The van der Waals surface area contributed by atoms with Crippen LogP contribution < -0.4 is 20.9 Å². The molecule has 0 spiro atoms. The van der Waals surface area contributed by atoms with Crippen molar-refractivity contribution in [1.29, 1.82) is 0 Å². The van der Waals surface area contributed by atoms with Gasteiger partial charge in [0, 0.05) is 25.2 Å². The molecule has 0 saturated carbocycles. The van der Waals surface area contributed by atoms with Crippen molar-refractivity contribution < 1.29 is 37.8 Å². The highest BCUT2D eigenvalue weighted by molar-refractivity contribution is 7.18. The molecular formula is C26H29ClFN5O7S. The fourth-order valence-electron chi connectivity index (χ4n) is 4.39. The molecule has 41 heavy (non-hydrogen) atoms. The molecule has 4 rings (SSSR count). The molecule has 1 aromatic carbocycles. The van der Waals surface area contributed by atoms with Gasteiger partial charge in [0.15, 0.2) is 0 Å². The standard InChI is InChI=1S/C26H29ClFN5O7S/c27-21-7-6-20(41-21)25(37)33(23(35)3-1-2-8-30-22(34)12-29)14-17-13-32(26(38)40-17)19-5-4-16(11-18(19)28)31-9-10-39-15-24(31)36/h4-7,11,17H,1-3,8-10,12-15,29H2,(H,30,34). The number of nitrogens with one attached hydrogen (secondary N) is 1. The van der Waals surface area contributed by atoms with Crippen LogP contribution in [0, 0.1) is 5.82 Å². The molecular weight excluding hydrogens is 581 g/mol. The average Bonchev–Trinajstić information content (AvgIpc) is 3.55. The van der Waals surface area contributed by atoms with Gasteiger partial charge in [0.05, 0.1) is 41.1 Å². The Balaban J connectivity index is 1.43. The van der Waals surface area contributed by atoms with E-state index >= 15 is 4.39 Å². The van der Waals surface area contributed by atoms with E-state index in [-0.39, 0.29) is 61.6 Å². The van der Waals surface area contributed by atoms with E-state index in [1.165, 1.54) is 29.2 Å². The van der Waals surface area contributed by atoms with E-state index in [1.807, 2.05) is 0 Å². The second kappa shape index (κ2) is 13.9. The van der Waals surface area contributed by atoms with Gasteiger partial charge in [0.2, 0.25) is 11.8 Å². The number of thiophene rings is 1. The second-order valence-corrected chi connectivity index (χ2v) is 11.0. The molecule has 2 aliphatic heterocycles. The second-order valence-electron chi connectivity index (χ2n) is 9.27. The summed E-state index contributed by atoms with van der Waals surface area (Å²) < 4.78 is 26.0. The zero-order valence-corrected chi connectivity index (χ0v) is 23.5. The zero-order valence-electron chi connectivity index (χ0n) is 22.0. The van der Waals surface area contributed by atoms with Crippen molar-refractivity contribution in [2.75, 3.05) is 55.7 Å². The van der Waals surface area contributed by atoms with Crippen molar-refractivity contribution in [3.8, 4) is 0 Å². The largest absolute Gasteiger partial charge is 0.442 e. The number of morpholine rings is 1. The summed E-state index contributed by atoms with van der Waals surface area (Å²) in [6.45, 7) is 0.341. The predicted molar refractivity (Wildman–Crippen MR) is 148 cm³/mol. The van der Waals surface area contributed by atoms with Gasteiger partial charge in [-0.05, 0) is 43.2 Å². The highest BCUT2D eigenvalue weighted by Gasteiger charge is 2.37. The van der Waals surface area contributed by atoms with E-state index in [4.69, 9.17) is 26.8 Å². The summed E-state index contributed by atoms with van der Waals surface area (Å²) in [5, 5.41) is 2.61. The molecule has 220 valence electrons. The van der Waals surface area contributed by atoms with Gasteiger partial charge in [0.1, 0.15) is 18.5 Å². The lowest BCUT2D eigenvalue weighted by Crippen LogP contribution is -2.43. The van der Waals surface area contributed by atoms with E-state index in [2.05, 4.69) is 5.32 Å². The van der Waals surface area contributed by atoms with Crippen LogP contribution >= 0.6 is 22.9 Å². The highest BCUT2D eigenvalue weighted by Crippen LogP contribution is 2.30. The van der Waals surface area contributed by atoms with Crippen molar-refractivity contribution in [3.63, 3.8) is 0 Å². The quantitative estimate of drug-likeness (QED) is 0.368. The van der Waals surface area contributed by atoms with Crippen LogP contribution in [0.1, 0.15) is 28.9 Å². The minimum absolute atomic E-state index is 0.00404. The van der Waals surface area contributed by atoms with Gasteiger partial charge >= 0.3 is 6.09 Å². The number of unbranched alkanes of at least 4 members (excludes halogenated alkanes) is 1. The summed E-state index contributed by atoms with van der Waals surface area (Å²) in [7, 11) is 0. The van der Waals surface area contributed by atoms with Gasteiger partial charge in [-0.25, -0.2) is 9.18 Å². The third-order valence-corrected chi connectivity index (χ3v) is 7.65. The fourth-order valence-corrected chi connectivity index (χ4v) is 5.38. The Labute approximate surface area is 244 Å². The molecule has 1 atom stereocenters. The van der Waals surface area contributed by atoms with Gasteiger partial charge in [-0.2, -0.15) is 0 Å². The van der Waals surface area contributed by atoms with E-state index < -0.39 is 29.8 Å². The molecule has 1 unspecified atom stereocenters. The number of halogens is 2. The minimum atomic E-state index is -0.922. The first-order valence-electron chi connectivity index (χ1n) is 12.9. The maximum absolute atomic E-state index is 15.1. The van der Waals surface area contributed by atoms with Gasteiger partial charge in [0.25, 0.3) is 11.8 Å². The fraction of sp³-hybridized carbons (Fsp3) is 0.423. The number of rotatable bonds is 11. The van der Waals surface area contributed by atoms with Gasteiger partial charge in [-0.15, -0.1) is 11.3 Å². The van der Waals surface area contributed by atoms with Crippen molar-refractivity contribution in [2.45, 2.75) is 25.4 Å². The van der Waals surface area contributed by atoms with Crippen LogP contribution in [0.3, 0.4) is 0 Å². The van der Waals surface area contributed by atoms with Crippen molar-refractivity contribution in [2.24, 2.45) is 5.73 Å². The topological polar surface area (TPSA) is 152 Å². The van der Waals surface area contributed by atoms with Crippen molar-refractivity contribution in [3.05, 3.63) is 45.4 Å². The number of hydrogen-bond acceptors (Lipinski definition) is 9. The number of amides is 5. The smallest absolute Gasteiger partial charge is 0.414 e. The van der Waals surface area contributed by atoms with Crippen LogP contribution in [0.2, 0.25) is 4.34 Å². The number of ether oxygens (including phenoxy) is 2. The summed E-state index contributed by atoms with van der Waals surface area (Å²) >= 11 is 6.99. The number of hydrogen-bond donors (Lipinski definition) is 2. The van der Waals surface area contributed by atoms with Crippen LogP contribution in [-0.4, -0.2) is 86.7 Å². The van der Waals surface area contributed by atoms with E-state index in [1.54, 1.807) is 0 Å². The van der Waals surface area contributed by atoms with Gasteiger partial charge in [-0.3, -0.25) is 29.0 Å². The Bertz CT molecular complexity index is 1320. The summed E-state index contributed by atoms with van der Waals surface area (Å²) in [5.41, 5.74) is 5.53. The Kier molecular flexibility index (Phi) is 10.3. The number of carbonyl (C=O) groups excluding carboxylic acids is 5. The third-order valence-electron chi connectivity index (χ3n) is 6.44. The number of nitrogens with two attached hydrogens (primary N) is 1. The summed E-state index contributed by atoms with van der Waals surface area (Å²) in [6, 6.07) is 7.10. The molecule has 3 N–H and O–H groups in total. The maximum atomic E-state index is 15.1. The average molecular weight is 610 g/mol. The lowest BCUT2D eigenvalue weighted by atomic mass is 10.2. The molecule has 15 heteroatoms. The summed E-state index contributed by atoms with van der Waals surface area (Å²) in [4.78, 5) is 66.2. The number of cyclic esters (lactones) is 1. The lowest BCUT2D eigenvalue weighted by molar-refractivity contribution is -0.129. The molecule has 2 fully saturated rings. The lowest BCUT2D eigenvalue weighted by Gasteiger charge is -2.27. The summed E-state index contributed by atoms with van der Waals surface area (Å²) in [5.74, 6) is -2.44. The molecule has 0 aliphatic carbocycles. The van der Waals surface area contributed by atoms with Crippen LogP contribution in [0.15, 0.2) is 30.3 Å². The maximum Gasteiger partial charge on any atom is 0.414 e. The normalized spacial score (nSPS) is 17.0. The first-order chi connectivity index (χ1) is 19.7. The van der Waals surface area contributed by atoms with Crippen LogP contribution in [0.25, 0.3) is 0 Å². The van der Waals surface area contributed by atoms with E-state index in [9.17, 15) is 24.0 Å². The number of anilines is 2. The molecule has 2 aromatic rings. The molecule has 3 heterocycles. The molecule has 5 amide bonds. The van der Waals surface area contributed by atoms with Crippen LogP contribution in [-0.2, 0) is 23.9 Å². The van der Waals surface area contributed by atoms with Gasteiger partial charge in [-0.1, -0.05) is 11.6 Å². The van der Waals surface area contributed by atoms with E-state index in [0.717, 1.165) is 27.2 Å². The first-order valence-corrected chi connectivity index (χ1v) is 14.1. The monoisotopic (exact) mass is 609 g/mol. The summed E-state index contributed by atoms with van der Waals surface area (Å²) in [6.07, 6.45) is -0.877. The minimum Gasteiger partial charge on any atom is -0.442 e. The number of benzene rings is 1. The third kappa shape index (κ3) is 7.58. The Hall–Kier alpha value is -3.59. The molecule has 2 saturated heterocycles. The number of carbonyl (C=O) groups is 5. The zero-order chi connectivity index (χ0) is 29.5. The number of imide groups is 1. The molecule has 12 nitrogen and oxygen atoms in total. The van der Waals surface area contributed by atoms with Gasteiger partial charge < -0.3 is 25.4 Å². The van der Waals surface area contributed by atoms with E-state index in [0.29, 0.717) is 36.0 Å².